The Bertz CT molecular complexity index is 597. The summed E-state index contributed by atoms with van der Waals surface area (Å²) in [5.41, 5.74) is 1.11. The van der Waals surface area contributed by atoms with Gasteiger partial charge in [0.2, 0.25) is 5.91 Å². The number of hydrogen-bond donors (Lipinski definition) is 3. The van der Waals surface area contributed by atoms with Crippen molar-refractivity contribution in [3.63, 3.8) is 0 Å². The molecule has 0 saturated carbocycles. The predicted octanol–water partition coefficient (Wildman–Crippen LogP) is 0.422. The van der Waals surface area contributed by atoms with Crippen molar-refractivity contribution in [1.82, 2.24) is 10.2 Å². The topological polar surface area (TPSA) is 99.8 Å². The maximum absolute atomic E-state index is 11.9. The summed E-state index contributed by atoms with van der Waals surface area (Å²) in [4.78, 5) is 36.9. The molecule has 1 aromatic rings. The molecule has 3 amide bonds. The Morgan fingerprint density at radius 2 is 1.60 bits per heavy atom. The number of rotatable bonds is 6. The van der Waals surface area contributed by atoms with Gasteiger partial charge >= 0.3 is 11.8 Å². The Balaban J connectivity index is 1.67. The second kappa shape index (κ2) is 9.75. The van der Waals surface area contributed by atoms with Gasteiger partial charge in [0.1, 0.15) is 0 Å². The molecule has 0 bridgehead atoms. The molecule has 0 aromatic heterocycles. The van der Waals surface area contributed by atoms with Gasteiger partial charge in [-0.25, -0.2) is 0 Å². The summed E-state index contributed by atoms with van der Waals surface area (Å²) in [7, 11) is 0. The number of anilines is 2. The Hall–Kier alpha value is -2.45. The molecule has 136 valence electrons. The van der Waals surface area contributed by atoms with E-state index >= 15 is 0 Å². The van der Waals surface area contributed by atoms with Crippen LogP contribution in [0.5, 0.6) is 0 Å². The van der Waals surface area contributed by atoms with Gasteiger partial charge in [-0.15, -0.1) is 0 Å². The minimum absolute atomic E-state index is 0.173. The largest absolute Gasteiger partial charge is 0.379 e. The van der Waals surface area contributed by atoms with E-state index < -0.39 is 11.8 Å². The SMILES string of the molecule is CC(=O)Nc1ccc(NC(=O)C(=O)NCCCN2CCOCC2)cc1. The van der Waals surface area contributed by atoms with Crippen molar-refractivity contribution in [2.45, 2.75) is 13.3 Å². The van der Waals surface area contributed by atoms with Crippen LogP contribution >= 0.6 is 0 Å². The third-order valence-corrected chi connectivity index (χ3v) is 3.71. The fourth-order valence-corrected chi connectivity index (χ4v) is 2.44. The Morgan fingerprint density at radius 1 is 1.00 bits per heavy atom. The summed E-state index contributed by atoms with van der Waals surface area (Å²) >= 11 is 0. The van der Waals surface area contributed by atoms with Crippen molar-refractivity contribution in [2.75, 3.05) is 50.0 Å². The standard InChI is InChI=1S/C17H24N4O4/c1-13(22)19-14-3-5-15(6-4-14)20-17(24)16(23)18-7-2-8-21-9-11-25-12-10-21/h3-6H,2,7-12H2,1H3,(H,18,23)(H,19,22)(H,20,24). The first kappa shape index (κ1) is 18.9. The van der Waals surface area contributed by atoms with Crippen molar-refractivity contribution in [1.29, 1.82) is 0 Å². The number of carbonyl (C=O) groups is 3. The Kier molecular flexibility index (Phi) is 7.36. The molecular formula is C17H24N4O4. The lowest BCUT2D eigenvalue weighted by atomic mass is 10.2. The summed E-state index contributed by atoms with van der Waals surface area (Å²) in [5.74, 6) is -1.54. The number of hydrogen-bond acceptors (Lipinski definition) is 5. The van der Waals surface area contributed by atoms with Gasteiger partial charge in [0, 0.05) is 37.9 Å². The number of ether oxygens (including phenoxy) is 1. The van der Waals surface area contributed by atoms with Crippen LogP contribution in [0, 0.1) is 0 Å². The molecule has 1 aromatic carbocycles. The van der Waals surface area contributed by atoms with Gasteiger partial charge in [0.25, 0.3) is 0 Å². The van der Waals surface area contributed by atoms with E-state index in [1.54, 1.807) is 24.3 Å². The van der Waals surface area contributed by atoms with Crippen molar-refractivity contribution in [3.8, 4) is 0 Å². The quantitative estimate of drug-likeness (QED) is 0.511. The molecule has 0 unspecified atom stereocenters. The fourth-order valence-electron chi connectivity index (χ4n) is 2.44. The number of benzene rings is 1. The third kappa shape index (κ3) is 6.90. The second-order valence-electron chi connectivity index (χ2n) is 5.78. The monoisotopic (exact) mass is 348 g/mol. The van der Waals surface area contributed by atoms with Crippen LogP contribution in [0.3, 0.4) is 0 Å². The highest BCUT2D eigenvalue weighted by atomic mass is 16.5. The fraction of sp³-hybridized carbons (Fsp3) is 0.471. The second-order valence-corrected chi connectivity index (χ2v) is 5.78. The van der Waals surface area contributed by atoms with Crippen LogP contribution in [0.15, 0.2) is 24.3 Å². The first-order chi connectivity index (χ1) is 12.0. The van der Waals surface area contributed by atoms with E-state index in [1.165, 1.54) is 6.92 Å². The van der Waals surface area contributed by atoms with E-state index in [-0.39, 0.29) is 5.91 Å². The molecule has 0 radical (unpaired) electrons. The molecule has 1 aliphatic rings. The zero-order valence-corrected chi connectivity index (χ0v) is 14.3. The lowest BCUT2D eigenvalue weighted by Gasteiger charge is -2.26. The van der Waals surface area contributed by atoms with Gasteiger partial charge in [0.15, 0.2) is 0 Å². The van der Waals surface area contributed by atoms with Crippen LogP contribution in [0.4, 0.5) is 11.4 Å². The number of carbonyl (C=O) groups excluding carboxylic acids is 3. The zero-order valence-electron chi connectivity index (χ0n) is 14.3. The lowest BCUT2D eigenvalue weighted by molar-refractivity contribution is -0.136. The van der Waals surface area contributed by atoms with Gasteiger partial charge < -0.3 is 20.7 Å². The van der Waals surface area contributed by atoms with Gasteiger partial charge in [-0.1, -0.05) is 0 Å². The average molecular weight is 348 g/mol. The number of nitrogens with one attached hydrogen (secondary N) is 3. The van der Waals surface area contributed by atoms with E-state index in [1.807, 2.05) is 0 Å². The van der Waals surface area contributed by atoms with Crippen LogP contribution in [-0.2, 0) is 19.1 Å². The van der Waals surface area contributed by atoms with Crippen LogP contribution in [0.1, 0.15) is 13.3 Å². The summed E-state index contributed by atoms with van der Waals surface area (Å²) in [5, 5.41) is 7.76. The minimum atomic E-state index is -0.710. The first-order valence-electron chi connectivity index (χ1n) is 8.31. The number of amides is 3. The van der Waals surface area contributed by atoms with E-state index in [0.29, 0.717) is 17.9 Å². The maximum atomic E-state index is 11.9. The van der Waals surface area contributed by atoms with Crippen molar-refractivity contribution < 1.29 is 19.1 Å². The molecular weight excluding hydrogens is 324 g/mol. The molecule has 8 nitrogen and oxygen atoms in total. The van der Waals surface area contributed by atoms with Crippen molar-refractivity contribution in [2.24, 2.45) is 0 Å². The van der Waals surface area contributed by atoms with E-state index in [9.17, 15) is 14.4 Å². The molecule has 1 heterocycles. The summed E-state index contributed by atoms with van der Waals surface area (Å²) < 4.78 is 5.27. The van der Waals surface area contributed by atoms with Crippen molar-refractivity contribution in [3.05, 3.63) is 24.3 Å². The zero-order chi connectivity index (χ0) is 18.1. The highest BCUT2D eigenvalue weighted by molar-refractivity contribution is 6.39. The molecule has 0 atom stereocenters. The lowest BCUT2D eigenvalue weighted by Crippen LogP contribution is -2.39. The molecule has 1 fully saturated rings. The van der Waals surface area contributed by atoms with E-state index in [2.05, 4.69) is 20.9 Å². The average Bonchev–Trinajstić information content (AvgIpc) is 2.60. The van der Waals surface area contributed by atoms with E-state index in [4.69, 9.17) is 4.74 Å². The third-order valence-electron chi connectivity index (χ3n) is 3.71. The van der Waals surface area contributed by atoms with Gasteiger partial charge in [-0.3, -0.25) is 19.3 Å². The van der Waals surface area contributed by atoms with Crippen LogP contribution in [-0.4, -0.2) is 62.0 Å². The van der Waals surface area contributed by atoms with Crippen LogP contribution in [0.2, 0.25) is 0 Å². The smallest absolute Gasteiger partial charge is 0.313 e. The molecule has 1 saturated heterocycles. The van der Waals surface area contributed by atoms with Gasteiger partial charge in [0.05, 0.1) is 13.2 Å². The molecule has 2 rings (SSSR count). The molecule has 0 spiro atoms. The first-order valence-corrected chi connectivity index (χ1v) is 8.31. The highest BCUT2D eigenvalue weighted by Gasteiger charge is 2.14. The minimum Gasteiger partial charge on any atom is -0.379 e. The number of nitrogens with zero attached hydrogens (tertiary/aromatic N) is 1. The summed E-state index contributed by atoms with van der Waals surface area (Å²) in [6, 6.07) is 6.54. The molecule has 1 aliphatic heterocycles. The summed E-state index contributed by atoms with van der Waals surface area (Å²) in [6.45, 7) is 6.04. The van der Waals surface area contributed by atoms with Gasteiger partial charge in [-0.05, 0) is 37.2 Å². The molecule has 25 heavy (non-hydrogen) atoms. The van der Waals surface area contributed by atoms with Crippen molar-refractivity contribution >= 4 is 29.1 Å². The Morgan fingerprint density at radius 3 is 2.20 bits per heavy atom. The Labute approximate surface area is 146 Å². The van der Waals surface area contributed by atoms with Crippen LogP contribution < -0.4 is 16.0 Å². The number of morpholine rings is 1. The molecule has 8 heteroatoms. The normalized spacial score (nSPS) is 14.6. The van der Waals surface area contributed by atoms with Crippen LogP contribution in [0.25, 0.3) is 0 Å². The highest BCUT2D eigenvalue weighted by Crippen LogP contribution is 2.13. The maximum Gasteiger partial charge on any atom is 0.313 e. The molecule has 3 N–H and O–H groups in total. The molecule has 0 aliphatic carbocycles. The van der Waals surface area contributed by atoms with E-state index in [0.717, 1.165) is 39.3 Å². The predicted molar refractivity (Wildman–Crippen MR) is 94.3 cm³/mol. The van der Waals surface area contributed by atoms with Gasteiger partial charge in [-0.2, -0.15) is 0 Å². The summed E-state index contributed by atoms with van der Waals surface area (Å²) in [6.07, 6.45) is 0.782.